The van der Waals surface area contributed by atoms with Gasteiger partial charge in [0.1, 0.15) is 11.6 Å². The molecular formula is C126H102F4N8Pt2-6. The van der Waals surface area contributed by atoms with E-state index >= 15 is 17.6 Å². The molecule has 20 aromatic rings. The first-order valence-electron chi connectivity index (χ1n) is 55.6. The van der Waals surface area contributed by atoms with Crippen LogP contribution in [0.5, 0.6) is 0 Å². The van der Waals surface area contributed by atoms with E-state index in [-0.39, 0.29) is 132 Å². The summed E-state index contributed by atoms with van der Waals surface area (Å²) in [6.07, 6.45) is 3.46. The first kappa shape index (κ1) is 73.0. The molecule has 14 heteroatoms. The molecule has 0 bridgehead atoms. The first-order valence-corrected chi connectivity index (χ1v) is 45.6. The van der Waals surface area contributed by atoms with Crippen molar-refractivity contribution >= 4 is 89.1 Å². The Bertz CT molecular complexity index is 9080. The van der Waals surface area contributed by atoms with Crippen LogP contribution in [0, 0.1) is 51.5 Å². The average molecular weight is 2210 g/mol. The van der Waals surface area contributed by atoms with Gasteiger partial charge in [-0.1, -0.05) is 357 Å². The van der Waals surface area contributed by atoms with Crippen molar-refractivity contribution in [3.8, 4) is 78.4 Å². The minimum absolute atomic E-state index is 0. The monoisotopic (exact) mass is 2210 g/mol. The van der Waals surface area contributed by atoms with Crippen molar-refractivity contribution in [3.05, 3.63) is 469 Å². The number of hydrogen-bond acceptors (Lipinski definition) is 6. The molecule has 0 spiro atoms. The minimum atomic E-state index is -3.74. The van der Waals surface area contributed by atoms with Gasteiger partial charge in [0.25, 0.3) is 11.8 Å². The summed E-state index contributed by atoms with van der Waals surface area (Å²) in [7, 11) is 0. The number of aryl methyl sites for hydroxylation is 2. The fraction of sp³-hybridized carbons (Fsp3) is 0.143. The van der Waals surface area contributed by atoms with E-state index in [2.05, 4.69) is 93.5 Å². The van der Waals surface area contributed by atoms with Crippen LogP contribution in [-0.4, -0.2) is 19.1 Å². The van der Waals surface area contributed by atoms with E-state index < -0.39 is 155 Å². The van der Waals surface area contributed by atoms with Crippen LogP contribution in [0.4, 0.5) is 63.1 Å². The molecule has 0 atom stereocenters. The number of alkyl halides is 4. The molecule has 0 radical (unpaired) electrons. The molecule has 140 heavy (non-hydrogen) atoms. The van der Waals surface area contributed by atoms with Crippen LogP contribution in [0.25, 0.3) is 122 Å². The van der Waals surface area contributed by atoms with E-state index in [1.807, 2.05) is 138 Å². The molecule has 8 nitrogen and oxygen atoms in total. The van der Waals surface area contributed by atoms with Crippen molar-refractivity contribution in [2.75, 3.05) is 19.6 Å². The standard InChI is InChI=1S/C65H55F2N4.C61H47F2N4.2Pt/c1-42(2)51-25-18-26-52(43(3)4)62(51)46-36-49(65(66,67)48-32-33-56-55-24-14-15-29-57(55)71(60(56)39-48)61-40-47(34-35-68-61)64(5,6)7)38-50(37-46)69-41-70(59-31-17-16-30-58(59)69)63-53(44-20-10-8-11-21-44)27-19-28-54(63)45-22-12-9-13-23-45;1-40-18-16-19-41(2)58(40)44-34-47(61(62,63)46-30-31-52-51-24-12-13-27-53(51)67(56(52)37-46)57-38-45(32-33-64-57)60(3,4)5)36-48(35-44)65-39-66(55-29-15-14-28-54(55)65)59-49(42-20-8-6-9-21-42)25-17-26-50(59)43-22-10-7-11-23-43;;/h8-37,40-43H,1-7H3;6-35,38-39H,1-5H3;;/q2*-3;;/i8D,9D,10D,11D,12D,13D,20D,21D,22D,23D;6D,7D,8D,9D,10D,11D,20D,21D,22D,23D;;. The van der Waals surface area contributed by atoms with Gasteiger partial charge >= 0.3 is 0 Å². The molecule has 700 valence electrons. The van der Waals surface area contributed by atoms with Crippen molar-refractivity contribution < 1.29 is 87.1 Å². The Morgan fingerprint density at radius 2 is 0.650 bits per heavy atom. The number of nitrogens with zero attached hydrogens (tertiary/aromatic N) is 8. The summed E-state index contributed by atoms with van der Waals surface area (Å²) >= 11 is 0. The zero-order valence-electron chi connectivity index (χ0n) is 98.3. The molecule has 0 unspecified atom stereocenters. The molecule has 0 saturated carbocycles. The van der Waals surface area contributed by atoms with Gasteiger partial charge < -0.3 is 28.7 Å². The average Bonchev–Trinajstić information content (AvgIpc) is 1.47. The third-order valence-electron chi connectivity index (χ3n) is 25.8. The van der Waals surface area contributed by atoms with Crippen LogP contribution >= 0.6 is 0 Å². The molecule has 16 aromatic carbocycles. The third-order valence-corrected chi connectivity index (χ3v) is 25.8. The van der Waals surface area contributed by atoms with Gasteiger partial charge in [-0.3, -0.25) is 0 Å². The van der Waals surface area contributed by atoms with Crippen LogP contribution in [-0.2, 0) is 64.8 Å². The molecule has 0 amide bonds. The summed E-state index contributed by atoms with van der Waals surface area (Å²) < 4.78 is 253. The number of aromatic nitrogens is 4. The number of rotatable bonds is 18. The molecule has 2 aliphatic rings. The van der Waals surface area contributed by atoms with Crippen molar-refractivity contribution in [1.82, 2.24) is 19.1 Å². The Balaban J connectivity index is 0.000000196. The number of halogens is 4. The summed E-state index contributed by atoms with van der Waals surface area (Å²) in [6, 6.07) is 72.1. The second-order valence-corrected chi connectivity index (χ2v) is 37.2. The van der Waals surface area contributed by atoms with E-state index in [0.717, 1.165) is 66.3 Å². The molecular weight excluding hydrogens is 2090 g/mol. The van der Waals surface area contributed by atoms with Crippen LogP contribution in [0.1, 0.15) is 164 Å². The molecule has 2 aliphatic heterocycles. The van der Waals surface area contributed by atoms with Gasteiger partial charge in [0.2, 0.25) is 0 Å². The van der Waals surface area contributed by atoms with Crippen LogP contribution in [0.2, 0.25) is 0 Å². The van der Waals surface area contributed by atoms with Gasteiger partial charge in [0, 0.05) is 122 Å². The Labute approximate surface area is 874 Å². The second kappa shape index (κ2) is 38.1. The number of para-hydroxylation sites is 8. The zero-order valence-corrected chi connectivity index (χ0v) is 82.8. The summed E-state index contributed by atoms with van der Waals surface area (Å²) in [6.45, 7) is 27.9. The molecule has 4 aromatic heterocycles. The first-order chi connectivity index (χ1) is 75.0. The van der Waals surface area contributed by atoms with Crippen LogP contribution in [0.15, 0.2) is 376 Å². The van der Waals surface area contributed by atoms with Gasteiger partial charge in [0.05, 0.1) is 27.4 Å². The van der Waals surface area contributed by atoms with Crippen molar-refractivity contribution in [2.24, 2.45) is 0 Å². The van der Waals surface area contributed by atoms with Crippen molar-refractivity contribution in [3.63, 3.8) is 0 Å². The normalized spacial score (nSPS) is 14.8. The SMILES string of the molecule is [2H]c1c([2H])c([2H])c(-c2cccc(-c3c([2H])c([2H])c([2H])c([2H])c3[2H])c2N2[CH-]N(c3[c-]c(C(F)(F)c4[c-]c5c(cc4)c4ccccc4n5-c4cc(C(C)(C)C)ccn4)cc(-c4c(C(C)C)cccc4C(C)C)c3)c3ccccc32)c([2H])c1[2H].[2H]c1c([2H])c([2H])c(-c2cccc(-c3c([2H])c([2H])c([2H])c([2H])c3[2H])c2N2[CH-]N(c3[c-]c(C(F)(F)c4[c-]c5c(cc4)c4ccccc4n5-c4cc(C(C)(C)C)ccn4)cc(-c4c(C)cccc4C)c3)c3ccccc32)c([2H])c1[2H].[Pt].[Pt]. The van der Waals surface area contributed by atoms with Gasteiger partial charge in [-0.05, 0) is 175 Å². The minimum Gasteiger partial charge on any atom is -0.493 e. The summed E-state index contributed by atoms with van der Waals surface area (Å²) in [4.78, 5) is 16.1. The predicted octanol–water partition coefficient (Wildman–Crippen LogP) is 34.1. The van der Waals surface area contributed by atoms with Gasteiger partial charge in [0.15, 0.2) is 0 Å². The molecule has 22 rings (SSSR count). The largest absolute Gasteiger partial charge is 0.493 e. The molecule has 0 saturated heterocycles. The topological polar surface area (TPSA) is 48.6 Å². The summed E-state index contributed by atoms with van der Waals surface area (Å²) in [5.74, 6) is -6.40. The number of pyridine rings is 2. The van der Waals surface area contributed by atoms with Crippen molar-refractivity contribution in [1.29, 1.82) is 0 Å². The zero-order chi connectivity index (χ0) is 113. The molecule has 0 N–H and O–H groups in total. The number of hydrogen-bond donors (Lipinski definition) is 0. The Kier molecular flexibility index (Phi) is 19.9. The number of anilines is 8. The molecule has 0 aliphatic carbocycles. The quantitative estimate of drug-likeness (QED) is 0.0630. The van der Waals surface area contributed by atoms with E-state index in [4.69, 9.17) is 31.9 Å². The summed E-state index contributed by atoms with van der Waals surface area (Å²) in [5, 5.41) is 3.12. The van der Waals surface area contributed by atoms with E-state index in [1.165, 1.54) is 48.5 Å². The predicted molar refractivity (Wildman–Crippen MR) is 562 cm³/mol. The Hall–Kier alpha value is -14.3. The Morgan fingerprint density at radius 1 is 0.321 bits per heavy atom. The maximum Gasteiger partial charge on any atom is 0.254 e. The second-order valence-electron chi connectivity index (χ2n) is 37.2. The van der Waals surface area contributed by atoms with Gasteiger partial charge in [-0.2, -0.15) is 48.5 Å². The maximum atomic E-state index is 18.5. The van der Waals surface area contributed by atoms with E-state index in [9.17, 15) is 5.48 Å². The summed E-state index contributed by atoms with van der Waals surface area (Å²) in [5.41, 5.74) is 10.0. The molecule has 0 fully saturated rings. The Morgan fingerprint density at radius 3 is 1.01 bits per heavy atom. The van der Waals surface area contributed by atoms with Crippen LogP contribution < -0.4 is 19.6 Å². The third kappa shape index (κ3) is 17.3. The maximum absolute atomic E-state index is 18.5. The van der Waals surface area contributed by atoms with E-state index in [1.54, 1.807) is 124 Å². The van der Waals surface area contributed by atoms with E-state index in [0.29, 0.717) is 67.3 Å². The van der Waals surface area contributed by atoms with Gasteiger partial charge in [-0.15, -0.1) is 70.9 Å². The van der Waals surface area contributed by atoms with Crippen LogP contribution in [0.3, 0.4) is 0 Å². The number of fused-ring (bicyclic) bond motifs is 8. The van der Waals surface area contributed by atoms with Gasteiger partial charge in [-0.25, -0.2) is 27.5 Å². The fourth-order valence-corrected chi connectivity index (χ4v) is 19.0. The smallest absolute Gasteiger partial charge is 0.254 e. The molecule has 6 heterocycles. The number of benzene rings is 16. The fourth-order valence-electron chi connectivity index (χ4n) is 19.0. The van der Waals surface area contributed by atoms with Crippen molar-refractivity contribution in [2.45, 2.75) is 118 Å².